The summed E-state index contributed by atoms with van der Waals surface area (Å²) in [5, 5.41) is 14.5. The molecular weight excluding hydrogens is 586 g/mol. The SMILES string of the molecule is CNc1cc(NC(=O)CCCCC(=O)NCCCCCCNC(=O)CCCCC(C)=O)cc(C(=O)Nc2ccc3c(c2)C(=O)C3)c1. The van der Waals surface area contributed by atoms with Gasteiger partial charge in [-0.2, -0.15) is 0 Å². The van der Waals surface area contributed by atoms with Crippen LogP contribution >= 0.6 is 0 Å². The van der Waals surface area contributed by atoms with Gasteiger partial charge in [0.05, 0.1) is 0 Å². The van der Waals surface area contributed by atoms with Crippen LogP contribution in [0.1, 0.15) is 110 Å². The molecule has 0 heterocycles. The molecule has 0 atom stereocenters. The maximum atomic E-state index is 12.9. The second-order valence-electron chi connectivity index (χ2n) is 11.8. The second kappa shape index (κ2) is 19.1. The van der Waals surface area contributed by atoms with Crippen LogP contribution in [0.15, 0.2) is 36.4 Å². The number of anilines is 3. The molecule has 0 saturated carbocycles. The first-order chi connectivity index (χ1) is 22.1. The summed E-state index contributed by atoms with van der Waals surface area (Å²) in [6, 6.07) is 10.3. The van der Waals surface area contributed by atoms with Gasteiger partial charge < -0.3 is 31.4 Å². The molecule has 0 radical (unpaired) electrons. The predicted octanol–water partition coefficient (Wildman–Crippen LogP) is 5.16. The minimum Gasteiger partial charge on any atom is -0.388 e. The lowest BCUT2D eigenvalue weighted by atomic mass is 9.87. The number of rotatable bonds is 21. The number of fused-ring (bicyclic) bond motifs is 1. The van der Waals surface area contributed by atoms with Crippen molar-refractivity contribution >= 4 is 52.3 Å². The van der Waals surface area contributed by atoms with Crippen LogP contribution in [0.3, 0.4) is 0 Å². The van der Waals surface area contributed by atoms with Crippen molar-refractivity contribution in [2.45, 2.75) is 90.4 Å². The van der Waals surface area contributed by atoms with E-state index in [-0.39, 0.29) is 41.6 Å². The highest BCUT2D eigenvalue weighted by Gasteiger charge is 2.23. The van der Waals surface area contributed by atoms with Gasteiger partial charge in [0.15, 0.2) is 5.78 Å². The third kappa shape index (κ3) is 12.8. The Bertz CT molecular complexity index is 1410. The molecule has 0 fully saturated rings. The lowest BCUT2D eigenvalue weighted by molar-refractivity contribution is -0.122. The zero-order valence-corrected chi connectivity index (χ0v) is 27.0. The van der Waals surface area contributed by atoms with Crippen LogP contribution in [-0.4, -0.2) is 55.3 Å². The van der Waals surface area contributed by atoms with Crippen molar-refractivity contribution in [1.82, 2.24) is 10.6 Å². The van der Waals surface area contributed by atoms with Gasteiger partial charge in [-0.3, -0.25) is 24.0 Å². The van der Waals surface area contributed by atoms with Crippen LogP contribution in [0.25, 0.3) is 0 Å². The second-order valence-corrected chi connectivity index (χ2v) is 11.8. The first-order valence-electron chi connectivity index (χ1n) is 16.3. The molecule has 0 saturated heterocycles. The molecule has 2 aromatic rings. The van der Waals surface area contributed by atoms with Gasteiger partial charge in [-0.15, -0.1) is 0 Å². The van der Waals surface area contributed by atoms with Gasteiger partial charge in [-0.05, 0) is 81.3 Å². The van der Waals surface area contributed by atoms with Gasteiger partial charge in [-0.1, -0.05) is 18.9 Å². The van der Waals surface area contributed by atoms with E-state index >= 15 is 0 Å². The van der Waals surface area contributed by atoms with Gasteiger partial charge >= 0.3 is 0 Å². The fourth-order valence-corrected chi connectivity index (χ4v) is 5.10. The number of unbranched alkanes of at least 4 members (excludes halogenated alkanes) is 5. The lowest BCUT2D eigenvalue weighted by Crippen LogP contribution is -2.25. The molecule has 0 aliphatic heterocycles. The van der Waals surface area contributed by atoms with E-state index in [0.29, 0.717) is 79.8 Å². The third-order valence-electron chi connectivity index (χ3n) is 7.78. The zero-order valence-electron chi connectivity index (χ0n) is 27.0. The molecule has 0 aromatic heterocycles. The summed E-state index contributed by atoms with van der Waals surface area (Å²) in [6.07, 6.45) is 8.32. The van der Waals surface area contributed by atoms with Crippen LogP contribution in [0, 0.1) is 0 Å². The standard InChI is InChI=1S/C35H47N5O6/c1-24(41)11-5-6-12-32(43)37-17-9-3-4-10-18-38-33(44)13-7-8-14-34(45)39-29-20-26(19-28(22-29)36-2)35(46)40-27-16-15-25-21-31(42)30(25)23-27/h15-16,19-20,22-23,36H,3-14,17-18,21H2,1-2H3,(H,37,43)(H,38,44)(H,39,45)(H,40,46). The maximum absolute atomic E-state index is 12.9. The maximum Gasteiger partial charge on any atom is 0.255 e. The van der Waals surface area contributed by atoms with Gasteiger partial charge in [0.25, 0.3) is 5.91 Å². The van der Waals surface area contributed by atoms with E-state index in [4.69, 9.17) is 0 Å². The third-order valence-corrected chi connectivity index (χ3v) is 7.78. The number of hydrogen-bond donors (Lipinski definition) is 5. The summed E-state index contributed by atoms with van der Waals surface area (Å²) in [5.74, 6) is -0.350. The van der Waals surface area contributed by atoms with E-state index in [1.807, 2.05) is 6.07 Å². The zero-order chi connectivity index (χ0) is 33.3. The summed E-state index contributed by atoms with van der Waals surface area (Å²) in [7, 11) is 1.72. The number of Topliss-reactive ketones (excluding diaryl/α,β-unsaturated/α-hetero) is 2. The molecule has 4 amide bonds. The Morgan fingerprint density at radius 3 is 1.80 bits per heavy atom. The van der Waals surface area contributed by atoms with Crippen molar-refractivity contribution in [3.05, 3.63) is 53.1 Å². The Kier molecular flexibility index (Phi) is 14.9. The summed E-state index contributed by atoms with van der Waals surface area (Å²) >= 11 is 0. The van der Waals surface area contributed by atoms with Gasteiger partial charge in [0.2, 0.25) is 17.7 Å². The van der Waals surface area contributed by atoms with Crippen molar-refractivity contribution in [1.29, 1.82) is 0 Å². The van der Waals surface area contributed by atoms with Crippen LogP contribution < -0.4 is 26.6 Å². The molecule has 46 heavy (non-hydrogen) atoms. The Labute approximate surface area is 271 Å². The van der Waals surface area contributed by atoms with E-state index in [1.165, 1.54) is 0 Å². The molecule has 11 nitrogen and oxygen atoms in total. The number of carbonyl (C=O) groups is 6. The smallest absolute Gasteiger partial charge is 0.255 e. The molecule has 2 aromatic carbocycles. The number of ketones is 2. The van der Waals surface area contributed by atoms with Gasteiger partial charge in [0.1, 0.15) is 5.78 Å². The molecular formula is C35H47N5O6. The van der Waals surface area contributed by atoms with Crippen LogP contribution in [-0.2, 0) is 25.6 Å². The van der Waals surface area contributed by atoms with E-state index < -0.39 is 0 Å². The summed E-state index contributed by atoms with van der Waals surface area (Å²) < 4.78 is 0. The Balaban J connectivity index is 1.25. The van der Waals surface area contributed by atoms with Crippen molar-refractivity contribution in [2.75, 3.05) is 36.1 Å². The highest BCUT2D eigenvalue weighted by Crippen LogP contribution is 2.27. The summed E-state index contributed by atoms with van der Waals surface area (Å²) in [5.41, 5.74) is 3.64. The predicted molar refractivity (Wildman–Crippen MR) is 179 cm³/mol. The number of carbonyl (C=O) groups excluding carboxylic acids is 6. The molecule has 1 aliphatic carbocycles. The van der Waals surface area contributed by atoms with Gasteiger partial charge in [-0.25, -0.2) is 0 Å². The molecule has 248 valence electrons. The van der Waals surface area contributed by atoms with E-state index in [0.717, 1.165) is 44.1 Å². The topological polar surface area (TPSA) is 163 Å². The Morgan fingerprint density at radius 2 is 1.22 bits per heavy atom. The molecule has 3 rings (SSSR count). The monoisotopic (exact) mass is 633 g/mol. The van der Waals surface area contributed by atoms with Crippen molar-refractivity contribution in [3.63, 3.8) is 0 Å². The molecule has 0 bridgehead atoms. The Hall–Kier alpha value is -4.54. The molecule has 5 N–H and O–H groups in total. The summed E-state index contributed by atoms with van der Waals surface area (Å²) in [4.78, 5) is 72.1. The van der Waals surface area contributed by atoms with E-state index in [9.17, 15) is 28.8 Å². The average molecular weight is 634 g/mol. The summed E-state index contributed by atoms with van der Waals surface area (Å²) in [6.45, 7) is 2.80. The Morgan fingerprint density at radius 1 is 0.630 bits per heavy atom. The molecule has 1 aliphatic rings. The van der Waals surface area contributed by atoms with E-state index in [2.05, 4.69) is 26.6 Å². The van der Waals surface area contributed by atoms with Gasteiger partial charge in [0, 0.05) is 80.4 Å². The van der Waals surface area contributed by atoms with Crippen LogP contribution in [0.4, 0.5) is 17.1 Å². The first kappa shape index (κ1) is 35.9. The normalized spacial score (nSPS) is 11.6. The largest absolute Gasteiger partial charge is 0.388 e. The van der Waals surface area contributed by atoms with Crippen LogP contribution in [0.2, 0.25) is 0 Å². The fraction of sp³-hybridized carbons (Fsp3) is 0.486. The minimum atomic E-state index is -0.358. The molecule has 11 heteroatoms. The number of amides is 4. The van der Waals surface area contributed by atoms with Crippen LogP contribution in [0.5, 0.6) is 0 Å². The lowest BCUT2D eigenvalue weighted by Gasteiger charge is -2.18. The molecule has 0 spiro atoms. The number of hydrogen-bond acceptors (Lipinski definition) is 7. The average Bonchev–Trinajstić information content (AvgIpc) is 3.02. The fourth-order valence-electron chi connectivity index (χ4n) is 5.10. The minimum absolute atomic E-state index is 0.0296. The van der Waals surface area contributed by atoms with Crippen molar-refractivity contribution in [2.24, 2.45) is 0 Å². The first-order valence-corrected chi connectivity index (χ1v) is 16.3. The highest BCUT2D eigenvalue weighted by molar-refractivity contribution is 6.10. The highest BCUT2D eigenvalue weighted by atomic mass is 16.2. The number of nitrogens with one attached hydrogen (secondary N) is 5. The van der Waals surface area contributed by atoms with Crippen molar-refractivity contribution in [3.8, 4) is 0 Å². The molecule has 0 unspecified atom stereocenters. The van der Waals surface area contributed by atoms with E-state index in [1.54, 1.807) is 44.3 Å². The van der Waals surface area contributed by atoms with Crippen molar-refractivity contribution < 1.29 is 28.8 Å². The quantitative estimate of drug-likeness (QED) is 0.119. The number of benzene rings is 2.